The zero-order valence-electron chi connectivity index (χ0n) is 13.1. The number of non-ortho nitro benzene ring substituents is 1. The zero-order chi connectivity index (χ0) is 17.7. The molecule has 0 aliphatic heterocycles. The number of ether oxygens (including phenoxy) is 2. The van der Waals surface area contributed by atoms with Crippen molar-refractivity contribution in [2.75, 3.05) is 13.7 Å². The Labute approximate surface area is 136 Å². The van der Waals surface area contributed by atoms with Crippen LogP contribution in [0.15, 0.2) is 30.3 Å². The third-order valence-electron chi connectivity index (χ3n) is 3.13. The van der Waals surface area contributed by atoms with Crippen molar-refractivity contribution in [3.63, 3.8) is 0 Å². The maximum absolute atomic E-state index is 11.8. The molecule has 1 aromatic carbocycles. The first-order valence-electron chi connectivity index (χ1n) is 7.04. The van der Waals surface area contributed by atoms with Crippen molar-refractivity contribution in [2.24, 2.45) is 0 Å². The number of nitro benzene ring substituents is 1. The summed E-state index contributed by atoms with van der Waals surface area (Å²) < 4.78 is 10.9. The fourth-order valence-electron chi connectivity index (χ4n) is 2.01. The lowest BCUT2D eigenvalue weighted by molar-refractivity contribution is -0.384. The van der Waals surface area contributed by atoms with Crippen LogP contribution < -0.4 is 0 Å². The molecule has 0 spiro atoms. The van der Waals surface area contributed by atoms with Crippen molar-refractivity contribution in [1.82, 2.24) is 9.78 Å². The predicted octanol–water partition coefficient (Wildman–Crippen LogP) is 1.67. The second-order valence-electron chi connectivity index (χ2n) is 4.68. The zero-order valence-corrected chi connectivity index (χ0v) is 13.1. The van der Waals surface area contributed by atoms with Gasteiger partial charge in [-0.2, -0.15) is 5.10 Å². The lowest BCUT2D eigenvalue weighted by Crippen LogP contribution is -2.10. The van der Waals surface area contributed by atoms with Crippen LogP contribution in [0.5, 0.6) is 0 Å². The van der Waals surface area contributed by atoms with Gasteiger partial charge in [0.1, 0.15) is 0 Å². The van der Waals surface area contributed by atoms with E-state index in [2.05, 4.69) is 9.84 Å². The van der Waals surface area contributed by atoms with Crippen molar-refractivity contribution >= 4 is 17.6 Å². The number of nitrogens with zero attached hydrogens (tertiary/aromatic N) is 3. The Morgan fingerprint density at radius 3 is 2.50 bits per heavy atom. The van der Waals surface area contributed by atoms with Crippen molar-refractivity contribution in [1.29, 1.82) is 0 Å². The van der Waals surface area contributed by atoms with E-state index in [-0.39, 0.29) is 24.4 Å². The summed E-state index contributed by atoms with van der Waals surface area (Å²) in [5.74, 6) is -1.13. The molecule has 0 atom stereocenters. The summed E-state index contributed by atoms with van der Waals surface area (Å²) in [5.41, 5.74) is 0.828. The molecule has 2 aromatic rings. The van der Waals surface area contributed by atoms with E-state index in [0.717, 1.165) is 0 Å². The molecule has 0 N–H and O–H groups in total. The number of hydrogen-bond donors (Lipinski definition) is 0. The molecular formula is C15H15N3O6. The summed E-state index contributed by atoms with van der Waals surface area (Å²) in [7, 11) is 1.25. The second kappa shape index (κ2) is 7.36. The van der Waals surface area contributed by atoms with E-state index in [9.17, 15) is 19.7 Å². The van der Waals surface area contributed by atoms with Gasteiger partial charge in [0.15, 0.2) is 5.69 Å². The number of esters is 2. The Morgan fingerprint density at radius 2 is 1.96 bits per heavy atom. The SMILES string of the molecule is CCOC(=O)c1cc(CC(=O)OC)n(-c2ccc([N+](=O)[O-])cc2)n1. The minimum Gasteiger partial charge on any atom is -0.469 e. The molecule has 9 heteroatoms. The quantitative estimate of drug-likeness (QED) is 0.449. The Bertz CT molecular complexity index is 766. The number of aromatic nitrogens is 2. The van der Waals surface area contributed by atoms with E-state index in [0.29, 0.717) is 11.4 Å². The van der Waals surface area contributed by atoms with Gasteiger partial charge in [0.2, 0.25) is 0 Å². The smallest absolute Gasteiger partial charge is 0.358 e. The molecule has 9 nitrogen and oxygen atoms in total. The second-order valence-corrected chi connectivity index (χ2v) is 4.68. The highest BCUT2D eigenvalue weighted by Crippen LogP contribution is 2.18. The molecule has 126 valence electrons. The number of methoxy groups -OCH3 is 1. The van der Waals surface area contributed by atoms with E-state index < -0.39 is 16.9 Å². The van der Waals surface area contributed by atoms with Gasteiger partial charge in [-0.05, 0) is 25.1 Å². The summed E-state index contributed by atoms with van der Waals surface area (Å²) in [6.45, 7) is 1.86. The molecule has 2 rings (SSSR count). The number of carbonyl (C=O) groups excluding carboxylic acids is 2. The van der Waals surface area contributed by atoms with Gasteiger partial charge in [-0.1, -0.05) is 0 Å². The maximum Gasteiger partial charge on any atom is 0.358 e. The average molecular weight is 333 g/mol. The van der Waals surface area contributed by atoms with Crippen molar-refractivity contribution in [3.8, 4) is 5.69 Å². The summed E-state index contributed by atoms with van der Waals surface area (Å²) in [6.07, 6.45) is -0.111. The van der Waals surface area contributed by atoms with E-state index in [1.807, 2.05) is 0 Å². The fraction of sp³-hybridized carbons (Fsp3) is 0.267. The van der Waals surface area contributed by atoms with Crippen LogP contribution >= 0.6 is 0 Å². The van der Waals surface area contributed by atoms with Gasteiger partial charge in [-0.15, -0.1) is 0 Å². The highest BCUT2D eigenvalue weighted by molar-refractivity contribution is 5.87. The van der Waals surface area contributed by atoms with Crippen molar-refractivity contribution in [2.45, 2.75) is 13.3 Å². The molecule has 0 saturated heterocycles. The molecule has 0 bridgehead atoms. The van der Waals surface area contributed by atoms with E-state index >= 15 is 0 Å². The summed E-state index contributed by atoms with van der Waals surface area (Å²) in [5, 5.41) is 14.9. The third-order valence-corrected chi connectivity index (χ3v) is 3.13. The molecule has 24 heavy (non-hydrogen) atoms. The summed E-state index contributed by atoms with van der Waals surface area (Å²) in [4.78, 5) is 33.6. The van der Waals surface area contributed by atoms with Crippen LogP contribution in [0.2, 0.25) is 0 Å². The van der Waals surface area contributed by atoms with Crippen LogP contribution in [0.1, 0.15) is 23.1 Å². The van der Waals surface area contributed by atoms with E-state index in [4.69, 9.17) is 4.74 Å². The Hall–Kier alpha value is -3.23. The number of rotatable bonds is 6. The van der Waals surface area contributed by atoms with Gasteiger partial charge in [0, 0.05) is 12.1 Å². The van der Waals surface area contributed by atoms with Gasteiger partial charge >= 0.3 is 11.9 Å². The van der Waals surface area contributed by atoms with E-state index in [1.165, 1.54) is 42.1 Å². The van der Waals surface area contributed by atoms with Crippen LogP contribution in [0.25, 0.3) is 5.69 Å². The molecule has 0 saturated carbocycles. The number of nitro groups is 1. The van der Waals surface area contributed by atoms with Crippen LogP contribution in [0, 0.1) is 10.1 Å². The largest absolute Gasteiger partial charge is 0.469 e. The normalized spacial score (nSPS) is 10.2. The third kappa shape index (κ3) is 3.75. The molecule has 1 heterocycles. The molecule has 0 fully saturated rings. The fourth-order valence-corrected chi connectivity index (χ4v) is 2.01. The molecule has 0 amide bonds. The first kappa shape index (κ1) is 17.1. The number of carbonyl (C=O) groups is 2. The van der Waals surface area contributed by atoms with Crippen molar-refractivity contribution in [3.05, 3.63) is 51.8 Å². The predicted molar refractivity (Wildman–Crippen MR) is 81.9 cm³/mol. The van der Waals surface area contributed by atoms with Gasteiger partial charge in [0.05, 0.1) is 36.4 Å². The van der Waals surface area contributed by atoms with Crippen molar-refractivity contribution < 1.29 is 24.0 Å². The molecular weight excluding hydrogens is 318 g/mol. The van der Waals surface area contributed by atoms with Crippen LogP contribution in [-0.2, 0) is 20.7 Å². The average Bonchev–Trinajstić information content (AvgIpc) is 2.99. The van der Waals surface area contributed by atoms with Gasteiger partial charge in [-0.25, -0.2) is 9.48 Å². The monoisotopic (exact) mass is 333 g/mol. The minimum atomic E-state index is -0.621. The van der Waals surface area contributed by atoms with Gasteiger partial charge in [-0.3, -0.25) is 14.9 Å². The maximum atomic E-state index is 11.8. The Kier molecular flexibility index (Phi) is 5.25. The molecule has 1 aromatic heterocycles. The first-order chi connectivity index (χ1) is 11.5. The highest BCUT2D eigenvalue weighted by atomic mass is 16.6. The molecule has 0 unspecified atom stereocenters. The number of hydrogen-bond acceptors (Lipinski definition) is 7. The van der Waals surface area contributed by atoms with Gasteiger partial charge < -0.3 is 9.47 Å². The lowest BCUT2D eigenvalue weighted by atomic mass is 10.2. The standard InChI is InChI=1S/C15H15N3O6/c1-3-24-15(20)13-8-12(9-14(19)23-2)17(16-13)10-4-6-11(7-5-10)18(21)22/h4-8H,3,9H2,1-2H3. The molecule has 0 aliphatic rings. The van der Waals surface area contributed by atoms with Crippen LogP contribution in [-0.4, -0.2) is 40.4 Å². The molecule has 0 aliphatic carbocycles. The van der Waals surface area contributed by atoms with E-state index in [1.54, 1.807) is 6.92 Å². The Balaban J connectivity index is 2.43. The Morgan fingerprint density at radius 1 is 1.29 bits per heavy atom. The van der Waals surface area contributed by atoms with Gasteiger partial charge in [0.25, 0.3) is 5.69 Å². The lowest BCUT2D eigenvalue weighted by Gasteiger charge is -2.06. The first-order valence-corrected chi connectivity index (χ1v) is 7.04. The number of benzene rings is 1. The molecule has 0 radical (unpaired) electrons. The summed E-state index contributed by atoms with van der Waals surface area (Å²) in [6, 6.07) is 6.99. The minimum absolute atomic E-state index is 0.0362. The van der Waals surface area contributed by atoms with Crippen LogP contribution in [0.3, 0.4) is 0 Å². The highest BCUT2D eigenvalue weighted by Gasteiger charge is 2.19. The summed E-state index contributed by atoms with van der Waals surface area (Å²) >= 11 is 0. The van der Waals surface area contributed by atoms with Crippen LogP contribution in [0.4, 0.5) is 5.69 Å². The topological polar surface area (TPSA) is 114 Å².